The van der Waals surface area contributed by atoms with E-state index in [2.05, 4.69) is 0 Å². The molecular weight excluding hydrogens is 360 g/mol. The molecule has 1 N–H and O–H groups in total. The lowest BCUT2D eigenvalue weighted by molar-refractivity contribution is -0.143. The molecule has 4 rings (SSSR count). The fourth-order valence-corrected chi connectivity index (χ4v) is 3.93. The summed E-state index contributed by atoms with van der Waals surface area (Å²) in [5, 5.41) is 11.6. The third-order valence-electron chi connectivity index (χ3n) is 5.21. The Morgan fingerprint density at radius 1 is 1.11 bits per heavy atom. The minimum absolute atomic E-state index is 0.00871. The summed E-state index contributed by atoms with van der Waals surface area (Å²) in [5.41, 5.74) is 1.47. The molecule has 0 aliphatic carbocycles. The first-order chi connectivity index (χ1) is 13.6. The van der Waals surface area contributed by atoms with Crippen molar-refractivity contribution in [3.63, 3.8) is 0 Å². The number of phenols is 1. The summed E-state index contributed by atoms with van der Waals surface area (Å²) in [5.74, 6) is -0.877. The van der Waals surface area contributed by atoms with Crippen molar-refractivity contribution in [2.24, 2.45) is 5.92 Å². The van der Waals surface area contributed by atoms with Crippen molar-refractivity contribution in [2.75, 3.05) is 18.7 Å². The van der Waals surface area contributed by atoms with E-state index in [0.717, 1.165) is 11.3 Å². The molecule has 2 heterocycles. The zero-order chi connectivity index (χ0) is 19.8. The van der Waals surface area contributed by atoms with E-state index >= 15 is 0 Å². The number of hydrogen-bond donors (Lipinski definition) is 1. The predicted octanol–water partition coefficient (Wildman–Crippen LogP) is 2.66. The second-order valence-corrected chi connectivity index (χ2v) is 6.92. The van der Waals surface area contributed by atoms with Gasteiger partial charge in [-0.25, -0.2) is 5.06 Å². The van der Waals surface area contributed by atoms with E-state index in [1.54, 1.807) is 17.2 Å². The van der Waals surface area contributed by atoms with Crippen molar-refractivity contribution in [3.05, 3.63) is 54.1 Å². The number of hydroxylamine groups is 1. The summed E-state index contributed by atoms with van der Waals surface area (Å²) < 4.78 is 5.23. The number of hydrogen-bond acceptors (Lipinski definition) is 6. The Morgan fingerprint density at radius 3 is 2.54 bits per heavy atom. The maximum atomic E-state index is 13.1. The summed E-state index contributed by atoms with van der Waals surface area (Å²) in [4.78, 5) is 33.2. The first-order valence-electron chi connectivity index (χ1n) is 9.30. The van der Waals surface area contributed by atoms with Crippen LogP contribution in [0.3, 0.4) is 0 Å². The minimum Gasteiger partial charge on any atom is -0.504 e. The summed E-state index contributed by atoms with van der Waals surface area (Å²) in [6.45, 7) is 2.30. The molecule has 7 heteroatoms. The summed E-state index contributed by atoms with van der Waals surface area (Å²) in [6.07, 6.45) is -0.166. The zero-order valence-electron chi connectivity index (χ0n) is 15.7. The number of likely N-dealkylation sites (tertiary alicyclic amines) is 1. The SMILES string of the molecule is CCCN1C(=O)[C@@H]2[C@H](ON(c3ccccc3)[C@H]2c2ccc(O)c(OC)c2)C1=O. The highest BCUT2D eigenvalue weighted by Gasteiger charge is 2.59. The maximum Gasteiger partial charge on any atom is 0.261 e. The molecule has 146 valence electrons. The van der Waals surface area contributed by atoms with Crippen molar-refractivity contribution in [1.29, 1.82) is 0 Å². The highest BCUT2D eigenvalue weighted by molar-refractivity contribution is 6.07. The maximum absolute atomic E-state index is 13.1. The number of phenolic OH excluding ortho intramolecular Hbond substituents is 1. The first kappa shape index (κ1) is 18.3. The number of methoxy groups -OCH3 is 1. The number of carbonyl (C=O) groups is 2. The van der Waals surface area contributed by atoms with Crippen molar-refractivity contribution in [3.8, 4) is 11.5 Å². The highest BCUT2D eigenvalue weighted by Crippen LogP contribution is 2.47. The van der Waals surface area contributed by atoms with Gasteiger partial charge >= 0.3 is 0 Å². The molecule has 0 unspecified atom stereocenters. The van der Waals surface area contributed by atoms with E-state index in [1.165, 1.54) is 18.1 Å². The highest BCUT2D eigenvalue weighted by atomic mass is 16.7. The Bertz CT molecular complexity index is 901. The van der Waals surface area contributed by atoms with Crippen LogP contribution in [0.5, 0.6) is 11.5 Å². The van der Waals surface area contributed by atoms with Crippen molar-refractivity contribution < 1.29 is 24.3 Å². The topological polar surface area (TPSA) is 79.3 Å². The van der Waals surface area contributed by atoms with Crippen LogP contribution >= 0.6 is 0 Å². The fraction of sp³-hybridized carbons (Fsp3) is 0.333. The zero-order valence-corrected chi connectivity index (χ0v) is 15.7. The lowest BCUT2D eigenvalue weighted by atomic mass is 9.90. The van der Waals surface area contributed by atoms with Gasteiger partial charge in [0, 0.05) is 6.54 Å². The predicted molar refractivity (Wildman–Crippen MR) is 102 cm³/mol. The van der Waals surface area contributed by atoms with E-state index < -0.39 is 18.1 Å². The number of imide groups is 1. The smallest absolute Gasteiger partial charge is 0.261 e. The molecule has 7 nitrogen and oxygen atoms in total. The number of rotatable bonds is 5. The standard InChI is InChI=1S/C21H22N2O5/c1-3-11-22-20(25)17-18(13-9-10-15(24)16(12-13)27-2)23(28-19(17)21(22)26)14-7-5-4-6-8-14/h4-10,12,17-19,24H,3,11H2,1-2H3/t17-,18-,19-/m0/s1. The number of fused-ring (bicyclic) bond motifs is 1. The monoisotopic (exact) mass is 382 g/mol. The molecule has 0 spiro atoms. The molecule has 0 radical (unpaired) electrons. The molecule has 3 atom stereocenters. The molecule has 2 amide bonds. The molecule has 0 saturated carbocycles. The molecule has 0 aromatic heterocycles. The number of para-hydroxylation sites is 1. The average molecular weight is 382 g/mol. The van der Waals surface area contributed by atoms with Crippen molar-refractivity contribution >= 4 is 17.5 Å². The quantitative estimate of drug-likeness (QED) is 0.801. The summed E-state index contributed by atoms with van der Waals surface area (Å²) in [7, 11) is 1.47. The van der Waals surface area contributed by atoms with Gasteiger partial charge in [0.1, 0.15) is 5.92 Å². The van der Waals surface area contributed by atoms with Gasteiger partial charge in [0.2, 0.25) is 5.91 Å². The van der Waals surface area contributed by atoms with E-state index in [0.29, 0.717) is 18.7 Å². The van der Waals surface area contributed by atoms with Crippen molar-refractivity contribution in [2.45, 2.75) is 25.5 Å². The van der Waals surface area contributed by atoms with Gasteiger partial charge in [0.05, 0.1) is 18.8 Å². The van der Waals surface area contributed by atoms with Gasteiger partial charge in [-0.15, -0.1) is 0 Å². The van der Waals surface area contributed by atoms with Gasteiger partial charge in [-0.2, -0.15) is 0 Å². The third kappa shape index (κ3) is 2.79. The molecule has 0 bridgehead atoms. The van der Waals surface area contributed by atoms with Crippen molar-refractivity contribution in [1.82, 2.24) is 4.90 Å². The number of nitrogens with zero attached hydrogens (tertiary/aromatic N) is 2. The Labute approximate surface area is 163 Å². The lowest BCUT2D eigenvalue weighted by Crippen LogP contribution is -2.37. The largest absolute Gasteiger partial charge is 0.504 e. The van der Waals surface area contributed by atoms with Crippen LogP contribution in [-0.4, -0.2) is 41.6 Å². The molecule has 2 aliphatic rings. The second kappa shape index (κ2) is 7.16. The number of amides is 2. The number of benzene rings is 2. The van der Waals surface area contributed by atoms with Crippen LogP contribution in [0.25, 0.3) is 0 Å². The normalized spacial score (nSPS) is 24.0. The number of anilines is 1. The minimum atomic E-state index is -0.857. The van der Waals surface area contributed by atoms with Gasteiger partial charge in [-0.1, -0.05) is 31.2 Å². The van der Waals surface area contributed by atoms with Gasteiger partial charge in [-0.05, 0) is 36.2 Å². The van der Waals surface area contributed by atoms with E-state index in [-0.39, 0.29) is 17.6 Å². The van der Waals surface area contributed by atoms with Crippen LogP contribution in [0, 0.1) is 5.92 Å². The van der Waals surface area contributed by atoms with Crippen LogP contribution < -0.4 is 9.80 Å². The molecular formula is C21H22N2O5. The van der Waals surface area contributed by atoms with E-state index in [4.69, 9.17) is 9.57 Å². The van der Waals surface area contributed by atoms with Gasteiger partial charge < -0.3 is 9.84 Å². The third-order valence-corrected chi connectivity index (χ3v) is 5.21. The van der Waals surface area contributed by atoms with Crippen LogP contribution in [0.2, 0.25) is 0 Å². The Morgan fingerprint density at radius 2 is 1.86 bits per heavy atom. The Kier molecular flexibility index (Phi) is 4.68. The molecule has 28 heavy (non-hydrogen) atoms. The van der Waals surface area contributed by atoms with E-state index in [9.17, 15) is 14.7 Å². The fourth-order valence-electron chi connectivity index (χ4n) is 3.93. The Hall–Kier alpha value is -3.06. The van der Waals surface area contributed by atoms with Crippen LogP contribution in [0.1, 0.15) is 24.9 Å². The first-order valence-corrected chi connectivity index (χ1v) is 9.30. The summed E-state index contributed by atoms with van der Waals surface area (Å²) >= 11 is 0. The van der Waals surface area contributed by atoms with Gasteiger partial charge in [-0.3, -0.25) is 19.3 Å². The second-order valence-electron chi connectivity index (χ2n) is 6.92. The Balaban J connectivity index is 1.80. The lowest BCUT2D eigenvalue weighted by Gasteiger charge is -2.29. The molecule has 2 saturated heterocycles. The number of aromatic hydroxyl groups is 1. The molecule has 2 fully saturated rings. The van der Waals surface area contributed by atoms with Crippen LogP contribution in [0.15, 0.2) is 48.5 Å². The number of carbonyl (C=O) groups excluding carboxylic acids is 2. The average Bonchev–Trinajstić information content (AvgIpc) is 3.21. The van der Waals surface area contributed by atoms with Crippen LogP contribution in [-0.2, 0) is 14.4 Å². The van der Waals surface area contributed by atoms with Crippen LogP contribution in [0.4, 0.5) is 5.69 Å². The van der Waals surface area contributed by atoms with Gasteiger partial charge in [0.15, 0.2) is 17.6 Å². The molecule has 2 aromatic carbocycles. The van der Waals surface area contributed by atoms with E-state index in [1.807, 2.05) is 37.3 Å². The number of ether oxygens (including phenoxy) is 1. The van der Waals surface area contributed by atoms with Gasteiger partial charge in [0.25, 0.3) is 5.91 Å². The molecule has 2 aromatic rings. The summed E-state index contributed by atoms with van der Waals surface area (Å²) in [6, 6.07) is 13.8. The molecule has 2 aliphatic heterocycles.